The van der Waals surface area contributed by atoms with Crippen molar-refractivity contribution in [1.82, 2.24) is 9.80 Å². The van der Waals surface area contributed by atoms with Gasteiger partial charge >= 0.3 is 5.97 Å². The van der Waals surface area contributed by atoms with Crippen molar-refractivity contribution in [3.05, 3.63) is 0 Å². The van der Waals surface area contributed by atoms with Gasteiger partial charge < -0.3 is 10.0 Å². The van der Waals surface area contributed by atoms with Crippen LogP contribution in [0, 0.1) is 0 Å². The average molecular weight is 258 g/mol. The summed E-state index contributed by atoms with van der Waals surface area (Å²) in [6.45, 7) is 11.5. The van der Waals surface area contributed by atoms with Gasteiger partial charge in [0.25, 0.3) is 0 Å². The normalized spacial score (nSPS) is 12.8. The minimum atomic E-state index is -0.830. The monoisotopic (exact) mass is 258 g/mol. The van der Waals surface area contributed by atoms with E-state index in [1.807, 2.05) is 39.5 Å². The molecule has 5 heteroatoms. The molecule has 0 aromatic rings. The second-order valence-corrected chi connectivity index (χ2v) is 4.66. The van der Waals surface area contributed by atoms with E-state index in [1.165, 1.54) is 0 Å². The maximum atomic E-state index is 12.2. The number of hydrogen-bond acceptors (Lipinski definition) is 3. The van der Waals surface area contributed by atoms with Crippen LogP contribution in [0.4, 0.5) is 0 Å². The highest BCUT2D eigenvalue weighted by molar-refractivity contribution is 5.81. The number of aliphatic carboxylic acids is 1. The number of carboxylic acid groups (broad SMARTS) is 1. The topological polar surface area (TPSA) is 60.9 Å². The van der Waals surface area contributed by atoms with E-state index in [0.717, 1.165) is 0 Å². The number of nitrogens with zero attached hydrogens (tertiary/aromatic N) is 2. The van der Waals surface area contributed by atoms with E-state index in [4.69, 9.17) is 5.11 Å². The first-order chi connectivity index (χ1) is 8.34. The number of carbonyl (C=O) groups is 2. The van der Waals surface area contributed by atoms with Crippen LogP contribution in [0.15, 0.2) is 0 Å². The Labute approximate surface area is 110 Å². The summed E-state index contributed by atoms with van der Waals surface area (Å²) in [4.78, 5) is 26.6. The van der Waals surface area contributed by atoms with Crippen molar-refractivity contribution >= 4 is 11.9 Å². The van der Waals surface area contributed by atoms with Crippen LogP contribution in [0.2, 0.25) is 0 Å². The quantitative estimate of drug-likeness (QED) is 0.715. The van der Waals surface area contributed by atoms with Gasteiger partial charge in [0.2, 0.25) is 5.91 Å². The molecule has 0 saturated heterocycles. The lowest BCUT2D eigenvalue weighted by atomic mass is 10.1. The highest BCUT2D eigenvalue weighted by Crippen LogP contribution is 2.09. The fraction of sp³-hybridized carbons (Fsp3) is 0.846. The van der Waals surface area contributed by atoms with E-state index < -0.39 is 5.97 Å². The Morgan fingerprint density at radius 1 is 1.11 bits per heavy atom. The van der Waals surface area contributed by atoms with Crippen LogP contribution in [0.5, 0.6) is 0 Å². The summed E-state index contributed by atoms with van der Waals surface area (Å²) >= 11 is 0. The van der Waals surface area contributed by atoms with Crippen molar-refractivity contribution in [3.63, 3.8) is 0 Å². The van der Waals surface area contributed by atoms with Gasteiger partial charge in [-0.25, -0.2) is 0 Å². The second-order valence-electron chi connectivity index (χ2n) is 4.66. The van der Waals surface area contributed by atoms with Crippen molar-refractivity contribution in [3.8, 4) is 0 Å². The standard InChI is InChI=1S/C13H26N2O3/c1-6-14(7-2)13(18)11(5)15(10(3)4)9-8-12(16)17/h10-11H,6-9H2,1-5H3,(H,16,17). The third-order valence-corrected chi connectivity index (χ3v) is 3.18. The molecule has 106 valence electrons. The first-order valence-corrected chi connectivity index (χ1v) is 6.61. The number of carbonyl (C=O) groups excluding carboxylic acids is 1. The first kappa shape index (κ1) is 16.9. The lowest BCUT2D eigenvalue weighted by Gasteiger charge is -2.34. The van der Waals surface area contributed by atoms with E-state index in [-0.39, 0.29) is 24.4 Å². The van der Waals surface area contributed by atoms with E-state index >= 15 is 0 Å². The molecule has 0 heterocycles. The fourth-order valence-corrected chi connectivity index (χ4v) is 2.07. The minimum absolute atomic E-state index is 0.0635. The van der Waals surface area contributed by atoms with Crippen LogP contribution >= 0.6 is 0 Å². The molecule has 0 aromatic carbocycles. The zero-order valence-corrected chi connectivity index (χ0v) is 12.1. The molecule has 0 rings (SSSR count). The lowest BCUT2D eigenvalue weighted by Crippen LogP contribution is -2.50. The van der Waals surface area contributed by atoms with Gasteiger partial charge in [0.05, 0.1) is 12.5 Å². The van der Waals surface area contributed by atoms with Crippen LogP contribution in [0.1, 0.15) is 41.0 Å². The van der Waals surface area contributed by atoms with Gasteiger partial charge in [-0.2, -0.15) is 0 Å². The molecule has 18 heavy (non-hydrogen) atoms. The molecule has 0 aliphatic rings. The van der Waals surface area contributed by atoms with Crippen LogP contribution in [0.3, 0.4) is 0 Å². The summed E-state index contributed by atoms with van der Waals surface area (Å²) in [7, 11) is 0. The highest BCUT2D eigenvalue weighted by Gasteiger charge is 2.26. The predicted octanol–water partition coefficient (Wildman–Crippen LogP) is 1.43. The Balaban J connectivity index is 4.69. The average Bonchev–Trinajstić information content (AvgIpc) is 2.29. The molecule has 0 fully saturated rings. The second kappa shape index (κ2) is 8.08. The third-order valence-electron chi connectivity index (χ3n) is 3.18. The largest absolute Gasteiger partial charge is 0.481 e. The van der Waals surface area contributed by atoms with Gasteiger partial charge in [0, 0.05) is 25.7 Å². The van der Waals surface area contributed by atoms with Crippen LogP contribution in [0.25, 0.3) is 0 Å². The molecule has 0 aromatic heterocycles. The van der Waals surface area contributed by atoms with Crippen molar-refractivity contribution in [2.45, 2.75) is 53.1 Å². The zero-order chi connectivity index (χ0) is 14.3. The van der Waals surface area contributed by atoms with Gasteiger partial charge in [0.15, 0.2) is 0 Å². The van der Waals surface area contributed by atoms with Crippen LogP contribution in [-0.4, -0.2) is 58.5 Å². The Kier molecular flexibility index (Phi) is 7.59. The molecule has 0 saturated carbocycles. The number of likely N-dealkylation sites (N-methyl/N-ethyl adjacent to an activating group) is 1. The molecule has 0 bridgehead atoms. The molecule has 0 radical (unpaired) electrons. The van der Waals surface area contributed by atoms with Gasteiger partial charge in [-0.15, -0.1) is 0 Å². The molecule has 1 N–H and O–H groups in total. The molecule has 1 atom stereocenters. The smallest absolute Gasteiger partial charge is 0.304 e. The van der Waals surface area contributed by atoms with Crippen molar-refractivity contribution in [2.24, 2.45) is 0 Å². The van der Waals surface area contributed by atoms with Crippen LogP contribution in [-0.2, 0) is 9.59 Å². The van der Waals surface area contributed by atoms with Crippen LogP contribution < -0.4 is 0 Å². The summed E-state index contributed by atoms with van der Waals surface area (Å²) < 4.78 is 0. The molecular weight excluding hydrogens is 232 g/mol. The summed E-state index contributed by atoms with van der Waals surface area (Å²) in [5.74, 6) is -0.762. The molecular formula is C13H26N2O3. The highest BCUT2D eigenvalue weighted by atomic mass is 16.4. The maximum Gasteiger partial charge on any atom is 0.304 e. The van der Waals surface area contributed by atoms with Gasteiger partial charge in [-0.05, 0) is 34.6 Å². The molecule has 0 spiro atoms. The summed E-state index contributed by atoms with van der Waals surface area (Å²) in [5, 5.41) is 8.74. The zero-order valence-electron chi connectivity index (χ0n) is 12.1. The number of rotatable bonds is 8. The van der Waals surface area contributed by atoms with Crippen molar-refractivity contribution in [2.75, 3.05) is 19.6 Å². The first-order valence-electron chi connectivity index (χ1n) is 6.61. The van der Waals surface area contributed by atoms with E-state index in [0.29, 0.717) is 19.6 Å². The van der Waals surface area contributed by atoms with E-state index in [2.05, 4.69) is 0 Å². The van der Waals surface area contributed by atoms with E-state index in [9.17, 15) is 9.59 Å². The third kappa shape index (κ3) is 5.04. The van der Waals surface area contributed by atoms with Gasteiger partial charge in [-0.1, -0.05) is 0 Å². The Morgan fingerprint density at radius 3 is 1.94 bits per heavy atom. The maximum absolute atomic E-state index is 12.2. The van der Waals surface area contributed by atoms with E-state index in [1.54, 1.807) is 4.90 Å². The minimum Gasteiger partial charge on any atom is -0.481 e. The number of carboxylic acids is 1. The molecule has 1 unspecified atom stereocenters. The fourth-order valence-electron chi connectivity index (χ4n) is 2.07. The molecule has 0 aliphatic heterocycles. The number of hydrogen-bond donors (Lipinski definition) is 1. The van der Waals surface area contributed by atoms with Gasteiger partial charge in [0.1, 0.15) is 0 Å². The lowest BCUT2D eigenvalue weighted by molar-refractivity contribution is -0.140. The Morgan fingerprint density at radius 2 is 1.61 bits per heavy atom. The molecule has 1 amide bonds. The summed E-state index contributed by atoms with van der Waals surface area (Å²) in [5.41, 5.74) is 0. The number of amides is 1. The summed E-state index contributed by atoms with van der Waals surface area (Å²) in [6, 6.07) is -0.122. The Hall–Kier alpha value is -1.10. The van der Waals surface area contributed by atoms with Gasteiger partial charge in [-0.3, -0.25) is 14.5 Å². The van der Waals surface area contributed by atoms with Crippen molar-refractivity contribution in [1.29, 1.82) is 0 Å². The Bertz CT molecular complexity index is 275. The SMILES string of the molecule is CCN(CC)C(=O)C(C)N(CCC(=O)O)C(C)C. The predicted molar refractivity (Wildman–Crippen MR) is 71.5 cm³/mol. The van der Waals surface area contributed by atoms with Crippen molar-refractivity contribution < 1.29 is 14.7 Å². The summed E-state index contributed by atoms with van der Waals surface area (Å²) in [6.07, 6.45) is 0.0635. The molecule has 0 aliphatic carbocycles. The molecule has 5 nitrogen and oxygen atoms in total.